The Hall–Kier alpha value is -2.12. The van der Waals surface area contributed by atoms with Crippen LogP contribution < -0.4 is 0 Å². The molecule has 2 atom stereocenters. The van der Waals surface area contributed by atoms with Crippen LogP contribution in [-0.2, 0) is 0 Å². The lowest BCUT2D eigenvalue weighted by molar-refractivity contribution is 0.757. The van der Waals surface area contributed by atoms with Crippen LogP contribution >= 0.6 is 0 Å². The van der Waals surface area contributed by atoms with Crippen LogP contribution in [0.1, 0.15) is 44.7 Å². The Bertz CT molecular complexity index is 986. The van der Waals surface area contributed by atoms with Crippen LogP contribution in [0.25, 0.3) is 17.2 Å². The summed E-state index contributed by atoms with van der Waals surface area (Å²) in [5.74, 6) is 1.01. The second kappa shape index (κ2) is 6.80. The van der Waals surface area contributed by atoms with Gasteiger partial charge in [0.05, 0.1) is 8.80 Å². The molecule has 1 radical (unpaired) electrons. The SMILES string of the molecule is CC1=Cc2c(-c3ccccc3)cccc2C1C1=C(C)C(C)=C([Si](C)C)C1C. The van der Waals surface area contributed by atoms with Gasteiger partial charge in [0.25, 0.3) is 0 Å². The predicted molar refractivity (Wildman–Crippen MR) is 120 cm³/mol. The number of fused-ring (bicyclic) bond motifs is 1. The third-order valence-electron chi connectivity index (χ3n) is 6.51. The van der Waals surface area contributed by atoms with Crippen LogP contribution in [0.4, 0.5) is 0 Å². The molecule has 2 aromatic carbocycles. The fraction of sp³-hybridized carbons (Fsp3) is 0.308. The first-order chi connectivity index (χ1) is 12.9. The van der Waals surface area contributed by atoms with Crippen molar-refractivity contribution in [1.82, 2.24) is 0 Å². The minimum atomic E-state index is -0.429. The molecule has 27 heavy (non-hydrogen) atoms. The first-order valence-electron chi connectivity index (χ1n) is 10.0. The van der Waals surface area contributed by atoms with Crippen LogP contribution in [0.3, 0.4) is 0 Å². The summed E-state index contributed by atoms with van der Waals surface area (Å²) in [5.41, 5.74) is 11.8. The third-order valence-corrected chi connectivity index (χ3v) is 8.40. The smallest absolute Gasteiger partial charge is 0.0732 e. The largest absolute Gasteiger partial charge is 0.0748 e. The predicted octanol–water partition coefficient (Wildman–Crippen LogP) is 7.43. The lowest BCUT2D eigenvalue weighted by Crippen LogP contribution is -2.16. The molecule has 0 amide bonds. The highest BCUT2D eigenvalue weighted by Gasteiger charge is 2.37. The van der Waals surface area contributed by atoms with Gasteiger partial charge in [-0.25, -0.2) is 0 Å². The van der Waals surface area contributed by atoms with Crippen molar-refractivity contribution in [3.05, 3.63) is 87.1 Å². The summed E-state index contributed by atoms with van der Waals surface area (Å²) in [7, 11) is -0.429. The molecule has 0 spiro atoms. The summed E-state index contributed by atoms with van der Waals surface area (Å²) in [6, 6.07) is 17.7. The standard InChI is InChI=1S/C26H29Si/c1-16-15-23-21(20-11-8-7-9-12-20)13-10-14-22(23)24(16)25-17(2)18(3)26(19(25)4)27(5)6/h7-15,19,24H,1-6H3. The number of allylic oxidation sites excluding steroid dienone is 5. The minimum absolute atomic E-state index is 0.429. The Morgan fingerprint density at radius 2 is 1.52 bits per heavy atom. The lowest BCUT2D eigenvalue weighted by atomic mass is 9.81. The van der Waals surface area contributed by atoms with Gasteiger partial charge < -0.3 is 0 Å². The molecule has 0 nitrogen and oxygen atoms in total. The van der Waals surface area contributed by atoms with Crippen LogP contribution in [-0.4, -0.2) is 8.80 Å². The number of benzene rings is 2. The van der Waals surface area contributed by atoms with Crippen molar-refractivity contribution in [1.29, 1.82) is 0 Å². The van der Waals surface area contributed by atoms with Crippen molar-refractivity contribution in [2.45, 2.75) is 46.7 Å². The Balaban J connectivity index is 1.84. The summed E-state index contributed by atoms with van der Waals surface area (Å²) in [6.45, 7) is 14.3. The normalized spacial score (nSPS) is 22.0. The van der Waals surface area contributed by atoms with Crippen molar-refractivity contribution in [2.24, 2.45) is 5.92 Å². The van der Waals surface area contributed by atoms with Gasteiger partial charge in [-0.05, 0) is 60.1 Å². The fourth-order valence-corrected chi connectivity index (χ4v) is 7.29. The topological polar surface area (TPSA) is 0 Å². The van der Waals surface area contributed by atoms with E-state index in [1.807, 2.05) is 0 Å². The van der Waals surface area contributed by atoms with Gasteiger partial charge in [-0.3, -0.25) is 0 Å². The highest BCUT2D eigenvalue weighted by molar-refractivity contribution is 6.64. The Labute approximate surface area is 165 Å². The molecule has 0 heterocycles. The van der Waals surface area contributed by atoms with E-state index in [4.69, 9.17) is 0 Å². The van der Waals surface area contributed by atoms with Gasteiger partial charge in [0.1, 0.15) is 0 Å². The Morgan fingerprint density at radius 1 is 0.815 bits per heavy atom. The summed E-state index contributed by atoms with van der Waals surface area (Å²) >= 11 is 0. The average Bonchev–Trinajstić information content (AvgIpc) is 3.08. The van der Waals surface area contributed by atoms with Crippen molar-refractivity contribution >= 4 is 14.9 Å². The molecule has 2 unspecified atom stereocenters. The molecule has 2 aliphatic carbocycles. The van der Waals surface area contributed by atoms with E-state index in [0.717, 1.165) is 0 Å². The van der Waals surface area contributed by atoms with E-state index in [1.165, 1.54) is 27.8 Å². The maximum Gasteiger partial charge on any atom is 0.0748 e. The van der Waals surface area contributed by atoms with Crippen LogP contribution in [0.2, 0.25) is 13.1 Å². The van der Waals surface area contributed by atoms with Gasteiger partial charge in [-0.15, -0.1) is 0 Å². The zero-order chi connectivity index (χ0) is 19.3. The molecule has 0 aromatic heterocycles. The summed E-state index contributed by atoms with van der Waals surface area (Å²) in [5, 5.41) is 1.73. The highest BCUT2D eigenvalue weighted by Crippen LogP contribution is 2.52. The lowest BCUT2D eigenvalue weighted by Gasteiger charge is -2.25. The Morgan fingerprint density at radius 3 is 2.15 bits per heavy atom. The van der Waals surface area contributed by atoms with Gasteiger partial charge in [0.15, 0.2) is 0 Å². The number of hydrogen-bond acceptors (Lipinski definition) is 0. The molecule has 0 saturated heterocycles. The fourth-order valence-electron chi connectivity index (χ4n) is 5.33. The molecule has 0 bridgehead atoms. The molecule has 1 heteroatoms. The van der Waals surface area contributed by atoms with Crippen LogP contribution in [0, 0.1) is 5.92 Å². The molecular formula is C26H29Si. The van der Waals surface area contributed by atoms with Crippen molar-refractivity contribution in [2.75, 3.05) is 0 Å². The first kappa shape index (κ1) is 18.2. The van der Waals surface area contributed by atoms with E-state index >= 15 is 0 Å². The van der Waals surface area contributed by atoms with Gasteiger partial charge >= 0.3 is 0 Å². The number of rotatable bonds is 3. The zero-order valence-electron chi connectivity index (χ0n) is 17.4. The molecule has 137 valence electrons. The van der Waals surface area contributed by atoms with E-state index < -0.39 is 8.80 Å². The van der Waals surface area contributed by atoms with Gasteiger partial charge in [-0.1, -0.05) is 91.0 Å². The van der Waals surface area contributed by atoms with Crippen LogP contribution in [0.5, 0.6) is 0 Å². The van der Waals surface area contributed by atoms with Gasteiger partial charge in [0, 0.05) is 5.92 Å². The minimum Gasteiger partial charge on any atom is -0.0732 e. The van der Waals surface area contributed by atoms with E-state index in [0.29, 0.717) is 11.8 Å². The molecule has 0 N–H and O–H groups in total. The molecule has 4 rings (SSSR count). The quantitative estimate of drug-likeness (QED) is 0.493. The van der Waals surface area contributed by atoms with Crippen molar-refractivity contribution in [3.8, 4) is 11.1 Å². The second-order valence-electron chi connectivity index (χ2n) is 8.34. The maximum absolute atomic E-state index is 2.44. The second-order valence-corrected chi connectivity index (χ2v) is 10.9. The van der Waals surface area contributed by atoms with E-state index in [1.54, 1.807) is 21.9 Å². The van der Waals surface area contributed by atoms with Gasteiger partial charge in [-0.2, -0.15) is 0 Å². The van der Waals surface area contributed by atoms with Crippen molar-refractivity contribution in [3.63, 3.8) is 0 Å². The molecule has 0 fully saturated rings. The van der Waals surface area contributed by atoms with Crippen molar-refractivity contribution < 1.29 is 0 Å². The molecule has 2 aliphatic rings. The zero-order valence-corrected chi connectivity index (χ0v) is 18.4. The van der Waals surface area contributed by atoms with Crippen LogP contribution in [0.15, 0.2) is 76.0 Å². The van der Waals surface area contributed by atoms with E-state index in [-0.39, 0.29) is 0 Å². The third kappa shape index (κ3) is 2.80. The van der Waals surface area contributed by atoms with E-state index in [2.05, 4.69) is 95.4 Å². The summed E-state index contributed by atoms with van der Waals surface area (Å²) in [4.78, 5) is 0. The maximum atomic E-state index is 2.44. The average molecular weight is 370 g/mol. The number of hydrogen-bond donors (Lipinski definition) is 0. The molecule has 0 aliphatic heterocycles. The molecule has 2 aromatic rings. The first-order valence-corrected chi connectivity index (χ1v) is 12.5. The monoisotopic (exact) mass is 369 g/mol. The summed E-state index contributed by atoms with van der Waals surface area (Å²) < 4.78 is 0. The highest BCUT2D eigenvalue weighted by atomic mass is 28.3. The Kier molecular flexibility index (Phi) is 4.59. The van der Waals surface area contributed by atoms with E-state index in [9.17, 15) is 0 Å². The van der Waals surface area contributed by atoms with Gasteiger partial charge in [0.2, 0.25) is 0 Å². The summed E-state index contributed by atoms with van der Waals surface area (Å²) in [6.07, 6.45) is 2.44. The molecule has 0 saturated carbocycles. The molecular weight excluding hydrogens is 340 g/mol.